The summed E-state index contributed by atoms with van der Waals surface area (Å²) in [5.41, 5.74) is 0.211. The van der Waals surface area contributed by atoms with Crippen LogP contribution in [0, 0.1) is 5.82 Å². The third kappa shape index (κ3) is 3.43. The van der Waals surface area contributed by atoms with Gasteiger partial charge in [-0.1, -0.05) is 12.1 Å². The molecule has 1 aromatic rings. The number of nitrogens with zero attached hydrogens (tertiary/aromatic N) is 1. The van der Waals surface area contributed by atoms with Gasteiger partial charge in [0.15, 0.2) is 0 Å². The zero-order valence-corrected chi connectivity index (χ0v) is 10.4. The summed E-state index contributed by atoms with van der Waals surface area (Å²) in [6, 6.07) is 5.99. The molecule has 0 unspecified atom stereocenters. The number of halogens is 1. The molecule has 2 amide bonds. The maximum Gasteiger partial charge on any atom is 0.319 e. The number of hydrogen-bond donors (Lipinski definition) is 2. The van der Waals surface area contributed by atoms with Crippen LogP contribution in [0.25, 0.3) is 0 Å². The van der Waals surface area contributed by atoms with Crippen LogP contribution in [0.4, 0.5) is 14.9 Å². The van der Waals surface area contributed by atoms with E-state index in [0.29, 0.717) is 0 Å². The predicted molar refractivity (Wildman–Crippen MR) is 69.1 cm³/mol. The topological polar surface area (TPSA) is 44.4 Å². The van der Waals surface area contributed by atoms with Gasteiger partial charge in [-0.3, -0.25) is 0 Å². The molecule has 18 heavy (non-hydrogen) atoms. The molecular weight excluding hydrogens is 233 g/mol. The second kappa shape index (κ2) is 5.82. The molecular formula is C13H18FN3O. The Labute approximate surface area is 106 Å². The smallest absolute Gasteiger partial charge is 0.319 e. The molecule has 1 aliphatic rings. The first kappa shape index (κ1) is 12.8. The monoisotopic (exact) mass is 251 g/mol. The minimum atomic E-state index is -0.420. The molecule has 1 aromatic carbocycles. The molecule has 0 bridgehead atoms. The van der Waals surface area contributed by atoms with E-state index in [-0.39, 0.29) is 17.8 Å². The van der Waals surface area contributed by atoms with E-state index in [9.17, 15) is 9.18 Å². The Bertz CT molecular complexity index is 416. The average molecular weight is 251 g/mol. The summed E-state index contributed by atoms with van der Waals surface area (Å²) >= 11 is 0. The molecule has 1 saturated heterocycles. The molecule has 98 valence electrons. The van der Waals surface area contributed by atoms with Crippen molar-refractivity contribution in [1.82, 2.24) is 10.2 Å². The third-order valence-corrected chi connectivity index (χ3v) is 3.18. The summed E-state index contributed by atoms with van der Waals surface area (Å²) in [4.78, 5) is 13.9. The van der Waals surface area contributed by atoms with Crippen LogP contribution in [-0.2, 0) is 0 Å². The Morgan fingerprint density at radius 2 is 2.00 bits per heavy atom. The Morgan fingerprint density at radius 3 is 2.67 bits per heavy atom. The first-order chi connectivity index (χ1) is 8.65. The van der Waals surface area contributed by atoms with Crippen LogP contribution in [0.15, 0.2) is 24.3 Å². The second-order valence-corrected chi connectivity index (χ2v) is 4.66. The second-order valence-electron chi connectivity index (χ2n) is 4.66. The van der Waals surface area contributed by atoms with Gasteiger partial charge in [0.2, 0.25) is 0 Å². The highest BCUT2D eigenvalue weighted by atomic mass is 19.1. The molecule has 2 rings (SSSR count). The van der Waals surface area contributed by atoms with E-state index >= 15 is 0 Å². The van der Waals surface area contributed by atoms with Gasteiger partial charge in [-0.05, 0) is 45.1 Å². The van der Waals surface area contributed by atoms with Crippen LogP contribution in [-0.4, -0.2) is 37.1 Å². The van der Waals surface area contributed by atoms with Crippen LogP contribution in [0.3, 0.4) is 0 Å². The number of carbonyl (C=O) groups is 1. The van der Waals surface area contributed by atoms with Crippen LogP contribution in [0.1, 0.15) is 12.8 Å². The molecule has 0 aliphatic carbocycles. The molecule has 0 atom stereocenters. The van der Waals surface area contributed by atoms with Gasteiger partial charge >= 0.3 is 6.03 Å². The van der Waals surface area contributed by atoms with Gasteiger partial charge in [-0.25, -0.2) is 9.18 Å². The summed E-state index contributed by atoms with van der Waals surface area (Å²) in [6.07, 6.45) is 1.86. The normalized spacial score (nSPS) is 17.4. The summed E-state index contributed by atoms with van der Waals surface area (Å²) < 4.78 is 13.3. The fraction of sp³-hybridized carbons (Fsp3) is 0.462. The van der Waals surface area contributed by atoms with Gasteiger partial charge in [0.25, 0.3) is 0 Å². The lowest BCUT2D eigenvalue weighted by Crippen LogP contribution is -2.44. The Morgan fingerprint density at radius 1 is 1.33 bits per heavy atom. The summed E-state index contributed by atoms with van der Waals surface area (Å²) in [5, 5.41) is 5.40. The van der Waals surface area contributed by atoms with Crippen molar-refractivity contribution in [3.63, 3.8) is 0 Å². The van der Waals surface area contributed by atoms with Crippen molar-refractivity contribution in [1.29, 1.82) is 0 Å². The SMILES string of the molecule is CN1CCC(NC(=O)Nc2ccccc2F)CC1. The van der Waals surface area contributed by atoms with E-state index in [4.69, 9.17) is 0 Å². The Balaban J connectivity index is 1.84. The minimum Gasteiger partial charge on any atom is -0.335 e. The number of para-hydroxylation sites is 1. The summed E-state index contributed by atoms with van der Waals surface area (Å²) in [6.45, 7) is 1.95. The maximum atomic E-state index is 13.3. The maximum absolute atomic E-state index is 13.3. The summed E-state index contributed by atoms with van der Waals surface area (Å²) in [7, 11) is 2.07. The van der Waals surface area contributed by atoms with Crippen molar-refractivity contribution < 1.29 is 9.18 Å². The number of piperidine rings is 1. The van der Waals surface area contributed by atoms with Crippen molar-refractivity contribution in [3.05, 3.63) is 30.1 Å². The number of rotatable bonds is 2. The third-order valence-electron chi connectivity index (χ3n) is 3.18. The van der Waals surface area contributed by atoms with E-state index < -0.39 is 5.82 Å². The quantitative estimate of drug-likeness (QED) is 0.845. The van der Waals surface area contributed by atoms with Crippen LogP contribution < -0.4 is 10.6 Å². The first-order valence-electron chi connectivity index (χ1n) is 6.16. The highest BCUT2D eigenvalue weighted by molar-refractivity contribution is 5.89. The largest absolute Gasteiger partial charge is 0.335 e. The van der Waals surface area contributed by atoms with Crippen molar-refractivity contribution in [2.24, 2.45) is 0 Å². The fourth-order valence-corrected chi connectivity index (χ4v) is 2.06. The van der Waals surface area contributed by atoms with Gasteiger partial charge in [0.1, 0.15) is 5.82 Å². The van der Waals surface area contributed by atoms with Gasteiger partial charge in [0, 0.05) is 6.04 Å². The standard InChI is InChI=1S/C13H18FN3O/c1-17-8-6-10(7-9-17)15-13(18)16-12-5-3-2-4-11(12)14/h2-5,10H,6-9H2,1H3,(H2,15,16,18). The number of likely N-dealkylation sites (tertiary alicyclic amines) is 1. The van der Waals surface area contributed by atoms with E-state index in [1.54, 1.807) is 18.2 Å². The zero-order chi connectivity index (χ0) is 13.0. The van der Waals surface area contributed by atoms with Crippen LogP contribution in [0.2, 0.25) is 0 Å². The van der Waals surface area contributed by atoms with Crippen molar-refractivity contribution >= 4 is 11.7 Å². The van der Waals surface area contributed by atoms with Crippen molar-refractivity contribution in [2.45, 2.75) is 18.9 Å². The molecule has 0 saturated carbocycles. The number of nitrogens with one attached hydrogen (secondary N) is 2. The molecule has 4 nitrogen and oxygen atoms in total. The highest BCUT2D eigenvalue weighted by Crippen LogP contribution is 2.13. The molecule has 0 radical (unpaired) electrons. The van der Waals surface area contributed by atoms with E-state index in [2.05, 4.69) is 22.6 Å². The lowest BCUT2D eigenvalue weighted by molar-refractivity contribution is 0.221. The Kier molecular flexibility index (Phi) is 4.15. The number of benzene rings is 1. The van der Waals surface area contributed by atoms with Gasteiger partial charge in [-0.15, -0.1) is 0 Å². The molecule has 5 heteroatoms. The lowest BCUT2D eigenvalue weighted by Gasteiger charge is -2.29. The van der Waals surface area contributed by atoms with Gasteiger partial charge in [-0.2, -0.15) is 0 Å². The number of amides is 2. The van der Waals surface area contributed by atoms with Crippen LogP contribution in [0.5, 0.6) is 0 Å². The molecule has 0 spiro atoms. The molecule has 1 aliphatic heterocycles. The Hall–Kier alpha value is -1.62. The van der Waals surface area contributed by atoms with E-state index in [0.717, 1.165) is 25.9 Å². The highest BCUT2D eigenvalue weighted by Gasteiger charge is 2.18. The molecule has 1 fully saturated rings. The van der Waals surface area contributed by atoms with E-state index in [1.165, 1.54) is 6.07 Å². The van der Waals surface area contributed by atoms with Crippen molar-refractivity contribution in [2.75, 3.05) is 25.5 Å². The van der Waals surface area contributed by atoms with Gasteiger partial charge in [0.05, 0.1) is 5.69 Å². The molecule has 0 aromatic heterocycles. The molecule has 1 heterocycles. The number of anilines is 1. The number of hydrogen-bond acceptors (Lipinski definition) is 2. The molecule has 2 N–H and O–H groups in total. The minimum absolute atomic E-state index is 0.174. The van der Waals surface area contributed by atoms with Crippen LogP contribution >= 0.6 is 0 Å². The first-order valence-corrected chi connectivity index (χ1v) is 6.16. The predicted octanol–water partition coefficient (Wildman–Crippen LogP) is 2.04. The van der Waals surface area contributed by atoms with E-state index in [1.807, 2.05) is 0 Å². The fourth-order valence-electron chi connectivity index (χ4n) is 2.06. The zero-order valence-electron chi connectivity index (χ0n) is 10.4. The van der Waals surface area contributed by atoms with Gasteiger partial charge < -0.3 is 15.5 Å². The lowest BCUT2D eigenvalue weighted by atomic mass is 10.1. The average Bonchev–Trinajstić information content (AvgIpc) is 2.35. The number of carbonyl (C=O) groups excluding carboxylic acids is 1. The van der Waals surface area contributed by atoms with Crippen molar-refractivity contribution in [3.8, 4) is 0 Å². The summed E-state index contributed by atoms with van der Waals surface area (Å²) in [5.74, 6) is -0.420. The number of urea groups is 1.